The molecule has 1 N–H and O–H groups in total. The van der Waals surface area contributed by atoms with Gasteiger partial charge in [-0.2, -0.15) is 0 Å². The highest BCUT2D eigenvalue weighted by Crippen LogP contribution is 2.12. The van der Waals surface area contributed by atoms with Crippen LogP contribution in [-0.2, 0) is 6.42 Å². The van der Waals surface area contributed by atoms with Crippen LogP contribution in [0.2, 0.25) is 0 Å². The van der Waals surface area contributed by atoms with Gasteiger partial charge in [0.05, 0.1) is 6.54 Å². The van der Waals surface area contributed by atoms with Crippen LogP contribution in [0.5, 0.6) is 5.75 Å². The zero-order valence-electron chi connectivity index (χ0n) is 9.27. The topological polar surface area (TPSA) is 23.5 Å². The first-order chi connectivity index (χ1) is 7.13. The van der Waals surface area contributed by atoms with Crippen molar-refractivity contribution in [2.75, 3.05) is 13.6 Å². The molecule has 0 aliphatic rings. The molecule has 15 heavy (non-hydrogen) atoms. The standard InChI is InChI=1S/C13H17NO/c1-4-9-14(3)11(2)10-12-5-7-13(15)8-6-12/h1,5-8,11,15H,9-10H2,2-3H3/t11-/m1/s1. The van der Waals surface area contributed by atoms with Crippen molar-refractivity contribution < 1.29 is 5.11 Å². The van der Waals surface area contributed by atoms with E-state index in [1.54, 1.807) is 12.1 Å². The van der Waals surface area contributed by atoms with Crippen LogP contribution in [0.25, 0.3) is 0 Å². The van der Waals surface area contributed by atoms with E-state index in [0.717, 1.165) is 6.42 Å². The van der Waals surface area contributed by atoms with Gasteiger partial charge >= 0.3 is 0 Å². The molecule has 1 aromatic rings. The van der Waals surface area contributed by atoms with Crippen molar-refractivity contribution in [2.45, 2.75) is 19.4 Å². The summed E-state index contributed by atoms with van der Waals surface area (Å²) < 4.78 is 0. The average molecular weight is 203 g/mol. The Labute approximate surface area is 91.5 Å². The third-order valence-electron chi connectivity index (χ3n) is 2.56. The highest BCUT2D eigenvalue weighted by atomic mass is 16.3. The minimum absolute atomic E-state index is 0.309. The zero-order valence-corrected chi connectivity index (χ0v) is 9.27. The number of terminal acetylenes is 1. The second-order valence-electron chi connectivity index (χ2n) is 3.84. The number of phenols is 1. The van der Waals surface area contributed by atoms with Gasteiger partial charge in [0.25, 0.3) is 0 Å². The van der Waals surface area contributed by atoms with Crippen LogP contribution in [0.1, 0.15) is 12.5 Å². The molecule has 2 heteroatoms. The molecule has 1 rings (SSSR count). The Morgan fingerprint density at radius 3 is 2.53 bits per heavy atom. The largest absolute Gasteiger partial charge is 0.508 e. The number of rotatable bonds is 4. The molecule has 2 nitrogen and oxygen atoms in total. The monoisotopic (exact) mass is 203 g/mol. The minimum atomic E-state index is 0.309. The second kappa shape index (κ2) is 5.43. The third-order valence-corrected chi connectivity index (χ3v) is 2.56. The maximum atomic E-state index is 9.15. The lowest BCUT2D eigenvalue weighted by atomic mass is 10.1. The number of aromatic hydroxyl groups is 1. The highest BCUT2D eigenvalue weighted by Gasteiger charge is 2.08. The van der Waals surface area contributed by atoms with Crippen LogP contribution >= 0.6 is 0 Å². The van der Waals surface area contributed by atoms with Crippen LogP contribution in [0.3, 0.4) is 0 Å². The van der Waals surface area contributed by atoms with E-state index in [1.165, 1.54) is 5.56 Å². The summed E-state index contributed by atoms with van der Waals surface area (Å²) >= 11 is 0. The Balaban J connectivity index is 2.55. The molecule has 0 unspecified atom stereocenters. The Hall–Kier alpha value is -1.46. The van der Waals surface area contributed by atoms with Gasteiger partial charge in [-0.3, -0.25) is 4.90 Å². The summed E-state index contributed by atoms with van der Waals surface area (Å²) in [5.74, 6) is 2.94. The average Bonchev–Trinajstić information content (AvgIpc) is 2.22. The molecular weight excluding hydrogens is 186 g/mol. The summed E-state index contributed by atoms with van der Waals surface area (Å²) in [7, 11) is 2.02. The van der Waals surface area contributed by atoms with Gasteiger partial charge in [-0.05, 0) is 38.1 Å². The maximum absolute atomic E-state index is 9.15. The molecule has 80 valence electrons. The van der Waals surface area contributed by atoms with Gasteiger partial charge in [0.2, 0.25) is 0 Å². The van der Waals surface area contributed by atoms with E-state index in [4.69, 9.17) is 11.5 Å². The molecule has 1 aromatic carbocycles. The Morgan fingerprint density at radius 1 is 1.40 bits per heavy atom. The van der Waals surface area contributed by atoms with E-state index in [0.29, 0.717) is 18.3 Å². The van der Waals surface area contributed by atoms with E-state index in [1.807, 2.05) is 19.2 Å². The first-order valence-corrected chi connectivity index (χ1v) is 5.05. The Morgan fingerprint density at radius 2 is 2.00 bits per heavy atom. The van der Waals surface area contributed by atoms with Crippen LogP contribution in [0.4, 0.5) is 0 Å². The van der Waals surface area contributed by atoms with Crippen LogP contribution in [-0.4, -0.2) is 29.6 Å². The molecule has 0 aliphatic heterocycles. The van der Waals surface area contributed by atoms with E-state index < -0.39 is 0 Å². The molecule has 1 atom stereocenters. The van der Waals surface area contributed by atoms with Crippen molar-refractivity contribution in [1.82, 2.24) is 4.90 Å². The van der Waals surface area contributed by atoms with Crippen molar-refractivity contribution >= 4 is 0 Å². The quantitative estimate of drug-likeness (QED) is 0.755. The Kier molecular flexibility index (Phi) is 4.20. The summed E-state index contributed by atoms with van der Waals surface area (Å²) in [5.41, 5.74) is 1.21. The third kappa shape index (κ3) is 3.65. The fraction of sp³-hybridized carbons (Fsp3) is 0.385. The van der Waals surface area contributed by atoms with Gasteiger partial charge in [-0.15, -0.1) is 6.42 Å². The number of phenolic OH excluding ortho intramolecular Hbond substituents is 1. The molecular formula is C13H17NO. The fourth-order valence-electron chi connectivity index (χ4n) is 1.43. The van der Waals surface area contributed by atoms with Gasteiger partial charge in [-0.25, -0.2) is 0 Å². The fourth-order valence-corrected chi connectivity index (χ4v) is 1.43. The zero-order chi connectivity index (χ0) is 11.3. The van der Waals surface area contributed by atoms with Crippen LogP contribution in [0.15, 0.2) is 24.3 Å². The molecule has 0 spiro atoms. The van der Waals surface area contributed by atoms with Crippen LogP contribution in [0, 0.1) is 12.3 Å². The smallest absolute Gasteiger partial charge is 0.115 e. The molecule has 0 fully saturated rings. The summed E-state index contributed by atoms with van der Waals surface area (Å²) in [4.78, 5) is 2.13. The minimum Gasteiger partial charge on any atom is -0.508 e. The van der Waals surface area contributed by atoms with E-state index in [-0.39, 0.29) is 0 Å². The molecule has 0 radical (unpaired) electrons. The van der Waals surface area contributed by atoms with E-state index in [2.05, 4.69) is 17.7 Å². The first kappa shape index (κ1) is 11.6. The van der Waals surface area contributed by atoms with Crippen molar-refractivity contribution in [1.29, 1.82) is 0 Å². The number of hydrogen-bond acceptors (Lipinski definition) is 2. The predicted molar refractivity (Wildman–Crippen MR) is 62.7 cm³/mol. The maximum Gasteiger partial charge on any atom is 0.115 e. The van der Waals surface area contributed by atoms with Gasteiger partial charge in [0.15, 0.2) is 0 Å². The SMILES string of the molecule is C#CCN(C)[C@H](C)Cc1ccc(O)cc1. The lowest BCUT2D eigenvalue weighted by molar-refractivity contribution is 0.287. The van der Waals surface area contributed by atoms with Gasteiger partial charge in [0, 0.05) is 6.04 Å². The first-order valence-electron chi connectivity index (χ1n) is 5.05. The lowest BCUT2D eigenvalue weighted by Gasteiger charge is -2.22. The van der Waals surface area contributed by atoms with Crippen molar-refractivity contribution in [3.05, 3.63) is 29.8 Å². The van der Waals surface area contributed by atoms with Crippen molar-refractivity contribution in [2.24, 2.45) is 0 Å². The summed E-state index contributed by atoms with van der Waals surface area (Å²) in [6, 6.07) is 7.71. The van der Waals surface area contributed by atoms with Crippen molar-refractivity contribution in [3.63, 3.8) is 0 Å². The summed E-state index contributed by atoms with van der Waals surface area (Å²) in [5, 5.41) is 9.15. The molecule has 0 aliphatic carbocycles. The number of likely N-dealkylation sites (N-methyl/N-ethyl adjacent to an activating group) is 1. The number of hydrogen-bond donors (Lipinski definition) is 1. The number of nitrogens with zero attached hydrogens (tertiary/aromatic N) is 1. The van der Waals surface area contributed by atoms with E-state index >= 15 is 0 Å². The second-order valence-corrected chi connectivity index (χ2v) is 3.84. The van der Waals surface area contributed by atoms with Crippen molar-refractivity contribution in [3.8, 4) is 18.1 Å². The molecule has 0 bridgehead atoms. The highest BCUT2D eigenvalue weighted by molar-refractivity contribution is 5.26. The lowest BCUT2D eigenvalue weighted by Crippen LogP contribution is -2.31. The molecule has 0 saturated carbocycles. The predicted octanol–water partition coefficient (Wildman–Crippen LogP) is 1.89. The van der Waals surface area contributed by atoms with Crippen LogP contribution < -0.4 is 0 Å². The van der Waals surface area contributed by atoms with Gasteiger partial charge in [0.1, 0.15) is 5.75 Å². The normalized spacial score (nSPS) is 12.4. The number of benzene rings is 1. The van der Waals surface area contributed by atoms with Gasteiger partial charge in [-0.1, -0.05) is 18.1 Å². The molecule has 0 saturated heterocycles. The summed E-state index contributed by atoms with van der Waals surface area (Å²) in [6.45, 7) is 2.81. The van der Waals surface area contributed by atoms with E-state index in [9.17, 15) is 0 Å². The Bertz CT molecular complexity index is 337. The molecule has 0 aromatic heterocycles. The molecule has 0 heterocycles. The summed E-state index contributed by atoms with van der Waals surface area (Å²) in [6.07, 6.45) is 6.20. The van der Waals surface area contributed by atoms with Gasteiger partial charge < -0.3 is 5.11 Å². The molecule has 0 amide bonds.